The van der Waals surface area contributed by atoms with Gasteiger partial charge in [-0.25, -0.2) is 19.3 Å². The molecule has 162 valence electrons. The van der Waals surface area contributed by atoms with Crippen molar-refractivity contribution >= 4 is 28.2 Å². The summed E-state index contributed by atoms with van der Waals surface area (Å²) in [6.45, 7) is 1.19. The highest BCUT2D eigenvalue weighted by Crippen LogP contribution is 2.35. The van der Waals surface area contributed by atoms with Gasteiger partial charge in [-0.05, 0) is 37.1 Å². The summed E-state index contributed by atoms with van der Waals surface area (Å²) in [6, 6.07) is 13.6. The minimum Gasteiger partial charge on any atom is -0.494 e. The Kier molecular flexibility index (Phi) is 5.49. The van der Waals surface area contributed by atoms with E-state index in [1.165, 1.54) is 0 Å². The van der Waals surface area contributed by atoms with Gasteiger partial charge in [-0.2, -0.15) is 0 Å². The lowest BCUT2D eigenvalue weighted by Crippen LogP contribution is -2.35. The second-order valence-corrected chi connectivity index (χ2v) is 7.69. The SMILES string of the molecule is COc1cncc2nc(-c3ccnc(Nc4ccccc4)c3)nc(N3CCC(F)CC3)c12. The Bertz CT molecular complexity index is 1230. The van der Waals surface area contributed by atoms with Crippen LogP contribution in [0.5, 0.6) is 5.75 Å². The third-order valence-electron chi connectivity index (χ3n) is 5.56. The fourth-order valence-corrected chi connectivity index (χ4v) is 3.92. The molecule has 0 unspecified atom stereocenters. The normalized spacial score (nSPS) is 14.5. The number of halogens is 1. The number of methoxy groups -OCH3 is 1. The van der Waals surface area contributed by atoms with Crippen LogP contribution >= 0.6 is 0 Å². The van der Waals surface area contributed by atoms with E-state index < -0.39 is 6.17 Å². The Hall–Kier alpha value is -3.81. The molecule has 7 nitrogen and oxygen atoms in total. The molecule has 0 amide bonds. The fourth-order valence-electron chi connectivity index (χ4n) is 3.92. The van der Waals surface area contributed by atoms with E-state index in [1.807, 2.05) is 42.5 Å². The summed E-state index contributed by atoms with van der Waals surface area (Å²) < 4.78 is 19.3. The van der Waals surface area contributed by atoms with Gasteiger partial charge in [0.25, 0.3) is 0 Å². The molecule has 1 N–H and O–H groups in total. The second kappa shape index (κ2) is 8.74. The second-order valence-electron chi connectivity index (χ2n) is 7.69. The zero-order valence-electron chi connectivity index (χ0n) is 17.7. The van der Waals surface area contributed by atoms with E-state index in [9.17, 15) is 4.39 Å². The number of nitrogens with zero attached hydrogens (tertiary/aromatic N) is 5. The van der Waals surface area contributed by atoms with Gasteiger partial charge < -0.3 is 15.0 Å². The minimum atomic E-state index is -0.769. The Morgan fingerprint density at radius 3 is 2.66 bits per heavy atom. The number of pyridine rings is 2. The van der Waals surface area contributed by atoms with E-state index in [4.69, 9.17) is 14.7 Å². The molecule has 4 heterocycles. The summed E-state index contributed by atoms with van der Waals surface area (Å²) in [5.41, 5.74) is 2.45. The highest BCUT2D eigenvalue weighted by atomic mass is 19.1. The number of para-hydroxylation sites is 1. The number of ether oxygens (including phenoxy) is 1. The third kappa shape index (κ3) is 4.03. The van der Waals surface area contributed by atoms with Crippen molar-refractivity contribution < 1.29 is 9.13 Å². The number of nitrogens with one attached hydrogen (secondary N) is 1. The Labute approximate surface area is 185 Å². The monoisotopic (exact) mass is 430 g/mol. The Balaban J connectivity index is 1.58. The number of fused-ring (bicyclic) bond motifs is 1. The van der Waals surface area contributed by atoms with Crippen molar-refractivity contribution in [3.05, 3.63) is 61.1 Å². The van der Waals surface area contributed by atoms with Crippen LogP contribution in [0.25, 0.3) is 22.3 Å². The van der Waals surface area contributed by atoms with E-state index >= 15 is 0 Å². The summed E-state index contributed by atoms with van der Waals surface area (Å²) in [5.74, 6) is 2.60. The molecule has 3 aromatic heterocycles. The van der Waals surface area contributed by atoms with E-state index in [1.54, 1.807) is 25.7 Å². The molecule has 0 radical (unpaired) electrons. The number of aromatic nitrogens is 4. The maximum atomic E-state index is 13.8. The lowest BCUT2D eigenvalue weighted by Gasteiger charge is -2.30. The lowest BCUT2D eigenvalue weighted by molar-refractivity contribution is 0.277. The Morgan fingerprint density at radius 1 is 1.06 bits per heavy atom. The van der Waals surface area contributed by atoms with Gasteiger partial charge in [0.2, 0.25) is 0 Å². The van der Waals surface area contributed by atoms with Gasteiger partial charge in [0.05, 0.1) is 30.4 Å². The largest absolute Gasteiger partial charge is 0.494 e. The number of alkyl halides is 1. The minimum absolute atomic E-state index is 0.481. The molecule has 1 fully saturated rings. The summed E-state index contributed by atoms with van der Waals surface area (Å²) >= 11 is 0. The molecule has 1 aliphatic heterocycles. The molecule has 0 aliphatic carbocycles. The van der Waals surface area contributed by atoms with Crippen molar-refractivity contribution in [2.24, 2.45) is 0 Å². The predicted molar refractivity (Wildman–Crippen MR) is 123 cm³/mol. The number of piperidine rings is 1. The van der Waals surface area contributed by atoms with Crippen molar-refractivity contribution in [3.63, 3.8) is 0 Å². The van der Waals surface area contributed by atoms with Gasteiger partial charge in [0, 0.05) is 30.5 Å². The van der Waals surface area contributed by atoms with Crippen molar-refractivity contribution in [2.45, 2.75) is 19.0 Å². The van der Waals surface area contributed by atoms with Crippen molar-refractivity contribution in [1.82, 2.24) is 19.9 Å². The van der Waals surface area contributed by atoms with Gasteiger partial charge in [0.1, 0.15) is 23.6 Å². The molecule has 0 saturated carbocycles. The fraction of sp³-hybridized carbons (Fsp3) is 0.250. The van der Waals surface area contributed by atoms with Crippen LogP contribution in [0.3, 0.4) is 0 Å². The van der Waals surface area contributed by atoms with Crippen LogP contribution in [0.1, 0.15) is 12.8 Å². The van der Waals surface area contributed by atoms with E-state index in [2.05, 4.69) is 20.2 Å². The topological polar surface area (TPSA) is 76.1 Å². The predicted octanol–water partition coefficient (Wildman–Crippen LogP) is 4.78. The summed E-state index contributed by atoms with van der Waals surface area (Å²) in [6.07, 6.45) is 5.29. The highest BCUT2D eigenvalue weighted by Gasteiger charge is 2.24. The van der Waals surface area contributed by atoms with Gasteiger partial charge >= 0.3 is 0 Å². The molecule has 1 aliphatic rings. The van der Waals surface area contributed by atoms with Crippen LogP contribution in [-0.2, 0) is 0 Å². The van der Waals surface area contributed by atoms with E-state index in [-0.39, 0.29) is 0 Å². The zero-order chi connectivity index (χ0) is 21.9. The van der Waals surface area contributed by atoms with E-state index in [0.29, 0.717) is 48.8 Å². The maximum absolute atomic E-state index is 13.8. The first kappa shape index (κ1) is 20.1. The lowest BCUT2D eigenvalue weighted by atomic mass is 10.1. The first-order chi connectivity index (χ1) is 15.7. The maximum Gasteiger partial charge on any atom is 0.162 e. The average Bonchev–Trinajstić information content (AvgIpc) is 2.84. The molecule has 1 saturated heterocycles. The summed E-state index contributed by atoms with van der Waals surface area (Å²) in [7, 11) is 1.60. The van der Waals surface area contributed by atoms with Crippen molar-refractivity contribution in [1.29, 1.82) is 0 Å². The van der Waals surface area contributed by atoms with E-state index in [0.717, 1.165) is 22.5 Å². The molecule has 0 bridgehead atoms. The number of anilines is 3. The number of hydrogen-bond acceptors (Lipinski definition) is 7. The molecule has 1 aromatic carbocycles. The van der Waals surface area contributed by atoms with Crippen molar-refractivity contribution in [3.8, 4) is 17.1 Å². The van der Waals surface area contributed by atoms with Gasteiger partial charge in [-0.15, -0.1) is 0 Å². The van der Waals surface area contributed by atoms with Crippen molar-refractivity contribution in [2.75, 3.05) is 30.4 Å². The number of benzene rings is 1. The van der Waals surface area contributed by atoms with Crippen LogP contribution in [0.4, 0.5) is 21.7 Å². The summed E-state index contributed by atoms with van der Waals surface area (Å²) in [5, 5.41) is 4.09. The molecule has 5 rings (SSSR count). The van der Waals surface area contributed by atoms with Gasteiger partial charge in [0.15, 0.2) is 5.82 Å². The number of hydrogen-bond donors (Lipinski definition) is 1. The first-order valence-corrected chi connectivity index (χ1v) is 10.6. The zero-order valence-corrected chi connectivity index (χ0v) is 17.7. The standard InChI is InChI=1S/C24H23FN6O/c1-32-20-15-26-14-19-22(20)24(31-11-8-17(25)9-12-31)30-23(29-19)16-7-10-27-21(13-16)28-18-5-3-2-4-6-18/h2-7,10,13-15,17H,8-9,11-12H2,1H3,(H,27,28). The molecule has 32 heavy (non-hydrogen) atoms. The average molecular weight is 430 g/mol. The highest BCUT2D eigenvalue weighted by molar-refractivity contribution is 5.95. The number of rotatable bonds is 5. The smallest absolute Gasteiger partial charge is 0.162 e. The van der Waals surface area contributed by atoms with Gasteiger partial charge in [-0.3, -0.25) is 4.98 Å². The summed E-state index contributed by atoms with van der Waals surface area (Å²) in [4.78, 5) is 20.5. The van der Waals surface area contributed by atoms with Crippen LogP contribution in [0.2, 0.25) is 0 Å². The van der Waals surface area contributed by atoms with Crippen LogP contribution in [-0.4, -0.2) is 46.3 Å². The van der Waals surface area contributed by atoms with Crippen LogP contribution in [0, 0.1) is 0 Å². The molecule has 4 aromatic rings. The molecule has 0 spiro atoms. The molecular formula is C24H23FN6O. The first-order valence-electron chi connectivity index (χ1n) is 10.6. The third-order valence-corrected chi connectivity index (χ3v) is 5.56. The quantitative estimate of drug-likeness (QED) is 0.488. The molecule has 0 atom stereocenters. The van der Waals surface area contributed by atoms with Crippen LogP contribution < -0.4 is 15.0 Å². The van der Waals surface area contributed by atoms with Gasteiger partial charge in [-0.1, -0.05) is 18.2 Å². The molecule has 8 heteroatoms. The van der Waals surface area contributed by atoms with Crippen LogP contribution in [0.15, 0.2) is 61.1 Å². The molecular weight excluding hydrogens is 407 g/mol. The Morgan fingerprint density at radius 2 is 1.88 bits per heavy atom.